The molecule has 0 aliphatic carbocycles. The summed E-state index contributed by atoms with van der Waals surface area (Å²) in [5.41, 5.74) is 1.34. The molecule has 1 aromatic rings. The normalized spacial score (nSPS) is 26.7. The maximum absolute atomic E-state index is 6.01. The maximum Gasteiger partial charge on any atom is 0.0832 e. The predicted octanol–water partition coefficient (Wildman–Crippen LogP) is 1.86. The van der Waals surface area contributed by atoms with Crippen LogP contribution in [-0.4, -0.2) is 43.5 Å². The quantitative estimate of drug-likeness (QED) is 0.800. The molecule has 1 aromatic heterocycles. The lowest BCUT2D eigenvalue weighted by Gasteiger charge is -2.39. The number of aromatic nitrogens is 1. The number of hydrogen-bond acceptors (Lipinski definition) is 4. The summed E-state index contributed by atoms with van der Waals surface area (Å²) in [5.74, 6) is 0. The van der Waals surface area contributed by atoms with Crippen molar-refractivity contribution in [3.05, 3.63) is 24.5 Å². The van der Waals surface area contributed by atoms with Crippen LogP contribution in [0.25, 0.3) is 0 Å². The number of nitrogens with zero attached hydrogens (tertiary/aromatic N) is 2. The zero-order valence-electron chi connectivity index (χ0n) is 10.8. The van der Waals surface area contributed by atoms with E-state index in [0.29, 0.717) is 0 Å². The van der Waals surface area contributed by atoms with Gasteiger partial charge in [0.05, 0.1) is 18.3 Å². The SMILES string of the molecule is COC1COC2(CCN(c3ccncc3)CC2)C1. The van der Waals surface area contributed by atoms with Gasteiger partial charge in [-0.25, -0.2) is 0 Å². The predicted molar refractivity (Wildman–Crippen MR) is 69.8 cm³/mol. The second-order valence-corrected chi connectivity index (χ2v) is 5.25. The fourth-order valence-corrected chi connectivity index (χ4v) is 3.03. The third kappa shape index (κ3) is 2.22. The first-order valence-corrected chi connectivity index (χ1v) is 6.63. The number of hydrogen-bond donors (Lipinski definition) is 0. The molecule has 98 valence electrons. The molecule has 18 heavy (non-hydrogen) atoms. The molecule has 4 nitrogen and oxygen atoms in total. The van der Waals surface area contributed by atoms with Crippen molar-refractivity contribution in [3.63, 3.8) is 0 Å². The van der Waals surface area contributed by atoms with Crippen LogP contribution < -0.4 is 4.90 Å². The number of ether oxygens (including phenoxy) is 2. The first-order valence-electron chi connectivity index (χ1n) is 6.63. The molecule has 2 aliphatic heterocycles. The number of anilines is 1. The lowest BCUT2D eigenvalue weighted by Crippen LogP contribution is -2.44. The first kappa shape index (κ1) is 11.9. The molecule has 0 bridgehead atoms. The average molecular weight is 248 g/mol. The Morgan fingerprint density at radius 3 is 2.67 bits per heavy atom. The molecule has 1 spiro atoms. The smallest absolute Gasteiger partial charge is 0.0832 e. The van der Waals surface area contributed by atoms with Crippen LogP contribution in [0.3, 0.4) is 0 Å². The summed E-state index contributed by atoms with van der Waals surface area (Å²) < 4.78 is 11.4. The van der Waals surface area contributed by atoms with Gasteiger partial charge >= 0.3 is 0 Å². The number of piperidine rings is 1. The number of pyridine rings is 1. The third-order valence-electron chi connectivity index (χ3n) is 4.21. The van der Waals surface area contributed by atoms with E-state index in [4.69, 9.17) is 9.47 Å². The van der Waals surface area contributed by atoms with Crippen molar-refractivity contribution in [2.75, 3.05) is 31.7 Å². The van der Waals surface area contributed by atoms with E-state index >= 15 is 0 Å². The van der Waals surface area contributed by atoms with Gasteiger partial charge in [-0.1, -0.05) is 0 Å². The van der Waals surface area contributed by atoms with Crippen molar-refractivity contribution >= 4 is 5.69 Å². The summed E-state index contributed by atoms with van der Waals surface area (Å²) in [4.78, 5) is 6.48. The van der Waals surface area contributed by atoms with Gasteiger partial charge in [0.1, 0.15) is 0 Å². The molecule has 0 amide bonds. The van der Waals surface area contributed by atoms with Crippen LogP contribution in [0.2, 0.25) is 0 Å². The highest BCUT2D eigenvalue weighted by molar-refractivity contribution is 5.45. The zero-order chi connectivity index (χ0) is 12.4. The Labute approximate surface area is 108 Å². The number of methoxy groups -OCH3 is 1. The van der Waals surface area contributed by atoms with Gasteiger partial charge in [0.15, 0.2) is 0 Å². The zero-order valence-corrected chi connectivity index (χ0v) is 10.8. The molecule has 2 aliphatic rings. The van der Waals surface area contributed by atoms with Gasteiger partial charge in [-0.3, -0.25) is 4.98 Å². The molecule has 1 atom stereocenters. The summed E-state index contributed by atoms with van der Waals surface area (Å²) in [6.45, 7) is 2.87. The van der Waals surface area contributed by atoms with E-state index in [0.717, 1.165) is 39.0 Å². The molecule has 0 saturated carbocycles. The molecule has 4 heteroatoms. The van der Waals surface area contributed by atoms with Crippen LogP contribution in [0.4, 0.5) is 5.69 Å². The van der Waals surface area contributed by atoms with E-state index in [1.165, 1.54) is 5.69 Å². The highest BCUT2D eigenvalue weighted by Crippen LogP contribution is 2.37. The first-order chi connectivity index (χ1) is 8.81. The second-order valence-electron chi connectivity index (χ2n) is 5.25. The summed E-state index contributed by atoms with van der Waals surface area (Å²) in [6, 6.07) is 4.15. The van der Waals surface area contributed by atoms with Gasteiger partial charge in [0.25, 0.3) is 0 Å². The Bertz CT molecular complexity index is 388. The van der Waals surface area contributed by atoms with Crippen LogP contribution in [0.1, 0.15) is 19.3 Å². The van der Waals surface area contributed by atoms with E-state index in [2.05, 4.69) is 22.0 Å². The Balaban J connectivity index is 1.62. The molecule has 3 heterocycles. The minimum Gasteiger partial charge on any atom is -0.379 e. The van der Waals surface area contributed by atoms with Gasteiger partial charge < -0.3 is 14.4 Å². The van der Waals surface area contributed by atoms with Crippen LogP contribution in [0.15, 0.2) is 24.5 Å². The van der Waals surface area contributed by atoms with Gasteiger partial charge in [0, 0.05) is 44.7 Å². The van der Waals surface area contributed by atoms with Crippen LogP contribution in [0, 0.1) is 0 Å². The molecule has 3 rings (SSSR count). The average Bonchev–Trinajstić information content (AvgIpc) is 2.84. The molecular weight excluding hydrogens is 228 g/mol. The minimum atomic E-state index is 0.0736. The number of rotatable bonds is 2. The van der Waals surface area contributed by atoms with Crippen molar-refractivity contribution < 1.29 is 9.47 Å². The van der Waals surface area contributed by atoms with Crippen molar-refractivity contribution in [3.8, 4) is 0 Å². The lowest BCUT2D eigenvalue weighted by molar-refractivity contribution is -0.0176. The van der Waals surface area contributed by atoms with Crippen molar-refractivity contribution in [1.29, 1.82) is 0 Å². The highest BCUT2D eigenvalue weighted by atomic mass is 16.6. The largest absolute Gasteiger partial charge is 0.379 e. The second kappa shape index (κ2) is 4.86. The van der Waals surface area contributed by atoms with E-state index < -0.39 is 0 Å². The Morgan fingerprint density at radius 2 is 2.06 bits per heavy atom. The highest BCUT2D eigenvalue weighted by Gasteiger charge is 2.42. The van der Waals surface area contributed by atoms with E-state index in [-0.39, 0.29) is 11.7 Å². The van der Waals surface area contributed by atoms with Gasteiger partial charge in [-0.05, 0) is 25.0 Å². The molecule has 2 fully saturated rings. The van der Waals surface area contributed by atoms with Crippen LogP contribution in [0.5, 0.6) is 0 Å². The van der Waals surface area contributed by atoms with Crippen molar-refractivity contribution in [1.82, 2.24) is 4.98 Å². The van der Waals surface area contributed by atoms with Crippen LogP contribution >= 0.6 is 0 Å². The van der Waals surface area contributed by atoms with E-state index in [1.807, 2.05) is 12.4 Å². The topological polar surface area (TPSA) is 34.6 Å². The minimum absolute atomic E-state index is 0.0736. The van der Waals surface area contributed by atoms with Crippen molar-refractivity contribution in [2.24, 2.45) is 0 Å². The van der Waals surface area contributed by atoms with Crippen LogP contribution in [-0.2, 0) is 9.47 Å². The van der Waals surface area contributed by atoms with E-state index in [1.54, 1.807) is 7.11 Å². The molecule has 2 saturated heterocycles. The Morgan fingerprint density at radius 1 is 1.33 bits per heavy atom. The van der Waals surface area contributed by atoms with E-state index in [9.17, 15) is 0 Å². The molecule has 1 unspecified atom stereocenters. The molecular formula is C14H20N2O2. The lowest BCUT2D eigenvalue weighted by atomic mass is 9.88. The third-order valence-corrected chi connectivity index (χ3v) is 4.21. The summed E-state index contributed by atoms with van der Waals surface area (Å²) in [6.07, 6.45) is 7.23. The van der Waals surface area contributed by atoms with Gasteiger partial charge in [-0.15, -0.1) is 0 Å². The molecule has 0 N–H and O–H groups in total. The fraction of sp³-hybridized carbons (Fsp3) is 0.643. The Hall–Kier alpha value is -1.13. The summed E-state index contributed by atoms with van der Waals surface area (Å²) in [7, 11) is 1.78. The van der Waals surface area contributed by atoms with Gasteiger partial charge in [0.2, 0.25) is 0 Å². The molecule has 0 aromatic carbocycles. The monoisotopic (exact) mass is 248 g/mol. The molecule has 0 radical (unpaired) electrons. The Kier molecular flexibility index (Phi) is 3.22. The summed E-state index contributed by atoms with van der Waals surface area (Å²) in [5, 5.41) is 0. The maximum atomic E-state index is 6.01. The van der Waals surface area contributed by atoms with Gasteiger partial charge in [-0.2, -0.15) is 0 Å². The standard InChI is InChI=1S/C14H20N2O2/c1-17-13-10-14(18-11-13)4-8-16(9-5-14)12-2-6-15-7-3-12/h2-3,6-7,13H,4-5,8-11H2,1H3. The van der Waals surface area contributed by atoms with Crippen molar-refractivity contribution in [2.45, 2.75) is 31.0 Å². The summed E-state index contributed by atoms with van der Waals surface area (Å²) >= 11 is 0. The fourth-order valence-electron chi connectivity index (χ4n) is 3.03.